The van der Waals surface area contributed by atoms with E-state index in [1.54, 1.807) is 0 Å². The second-order valence-corrected chi connectivity index (χ2v) is 5.51. The summed E-state index contributed by atoms with van der Waals surface area (Å²) in [5.74, 6) is 0. The molecule has 17 heavy (non-hydrogen) atoms. The molecule has 1 aromatic rings. The first-order chi connectivity index (χ1) is 8.15. The summed E-state index contributed by atoms with van der Waals surface area (Å²) in [6.45, 7) is 4.32. The highest BCUT2D eigenvalue weighted by molar-refractivity contribution is 6.30. The van der Waals surface area contributed by atoms with Crippen LogP contribution in [-0.4, -0.2) is 30.6 Å². The van der Waals surface area contributed by atoms with E-state index in [4.69, 9.17) is 11.6 Å². The van der Waals surface area contributed by atoms with Crippen molar-refractivity contribution in [2.24, 2.45) is 0 Å². The summed E-state index contributed by atoms with van der Waals surface area (Å²) < 4.78 is 0. The zero-order valence-corrected chi connectivity index (χ0v) is 11.4. The molecule has 1 aromatic carbocycles. The number of nitrogens with one attached hydrogen (secondary N) is 1. The summed E-state index contributed by atoms with van der Waals surface area (Å²) in [6, 6.07) is 9.46. The van der Waals surface area contributed by atoms with Crippen LogP contribution in [0, 0.1) is 0 Å². The lowest BCUT2D eigenvalue weighted by Gasteiger charge is -2.25. The third kappa shape index (κ3) is 4.30. The maximum atomic E-state index is 5.88. The standard InChI is InChI=1S/C14H21ClN2/c1-11(9-16-14-7-8-14)17(2)10-12-3-5-13(15)6-4-12/h3-6,11,14,16H,7-10H2,1-2H3. The van der Waals surface area contributed by atoms with Crippen molar-refractivity contribution >= 4 is 11.6 Å². The molecule has 1 aliphatic carbocycles. The number of hydrogen-bond acceptors (Lipinski definition) is 2. The van der Waals surface area contributed by atoms with Gasteiger partial charge in [-0.1, -0.05) is 23.7 Å². The maximum absolute atomic E-state index is 5.88. The summed E-state index contributed by atoms with van der Waals surface area (Å²) in [4.78, 5) is 2.37. The van der Waals surface area contributed by atoms with Crippen LogP contribution in [0.15, 0.2) is 24.3 Å². The molecule has 1 atom stereocenters. The van der Waals surface area contributed by atoms with Crippen molar-refractivity contribution in [3.63, 3.8) is 0 Å². The zero-order chi connectivity index (χ0) is 12.3. The van der Waals surface area contributed by atoms with Crippen molar-refractivity contribution in [1.82, 2.24) is 10.2 Å². The highest BCUT2D eigenvalue weighted by atomic mass is 35.5. The van der Waals surface area contributed by atoms with Crippen LogP contribution >= 0.6 is 11.6 Å². The summed E-state index contributed by atoms with van der Waals surface area (Å²) in [5, 5.41) is 4.37. The van der Waals surface area contributed by atoms with E-state index in [0.717, 1.165) is 24.2 Å². The fourth-order valence-corrected chi connectivity index (χ4v) is 1.94. The molecule has 3 heteroatoms. The molecular formula is C14H21ClN2. The molecule has 2 rings (SSSR count). The molecular weight excluding hydrogens is 232 g/mol. The van der Waals surface area contributed by atoms with Gasteiger partial charge in [0.25, 0.3) is 0 Å². The van der Waals surface area contributed by atoms with E-state index in [2.05, 4.69) is 36.3 Å². The van der Waals surface area contributed by atoms with Crippen LogP contribution in [0.1, 0.15) is 25.3 Å². The number of likely N-dealkylation sites (N-methyl/N-ethyl adjacent to an activating group) is 1. The second kappa shape index (κ2) is 5.85. The molecule has 1 saturated carbocycles. The fourth-order valence-electron chi connectivity index (χ4n) is 1.81. The van der Waals surface area contributed by atoms with Gasteiger partial charge in [0, 0.05) is 30.2 Å². The first-order valence-corrected chi connectivity index (χ1v) is 6.71. The highest BCUT2D eigenvalue weighted by Gasteiger charge is 2.21. The van der Waals surface area contributed by atoms with Crippen molar-refractivity contribution in [3.05, 3.63) is 34.9 Å². The third-order valence-corrected chi connectivity index (χ3v) is 3.63. The van der Waals surface area contributed by atoms with Gasteiger partial charge in [0.2, 0.25) is 0 Å². The van der Waals surface area contributed by atoms with Crippen LogP contribution in [0.5, 0.6) is 0 Å². The van der Waals surface area contributed by atoms with Crippen LogP contribution in [0.2, 0.25) is 5.02 Å². The van der Waals surface area contributed by atoms with E-state index in [-0.39, 0.29) is 0 Å². The fraction of sp³-hybridized carbons (Fsp3) is 0.571. The number of rotatable bonds is 6. The van der Waals surface area contributed by atoms with Gasteiger partial charge in [-0.05, 0) is 44.5 Å². The Morgan fingerprint density at radius 3 is 2.59 bits per heavy atom. The maximum Gasteiger partial charge on any atom is 0.0406 e. The third-order valence-electron chi connectivity index (χ3n) is 3.38. The Morgan fingerprint density at radius 1 is 1.35 bits per heavy atom. The number of nitrogens with zero attached hydrogens (tertiary/aromatic N) is 1. The van der Waals surface area contributed by atoms with Crippen molar-refractivity contribution < 1.29 is 0 Å². The Bertz CT molecular complexity index is 346. The minimum Gasteiger partial charge on any atom is -0.312 e. The van der Waals surface area contributed by atoms with E-state index < -0.39 is 0 Å². The molecule has 1 unspecified atom stereocenters. The topological polar surface area (TPSA) is 15.3 Å². The molecule has 0 aromatic heterocycles. The van der Waals surface area contributed by atoms with Gasteiger partial charge in [-0.25, -0.2) is 0 Å². The first kappa shape index (κ1) is 12.9. The van der Waals surface area contributed by atoms with Gasteiger partial charge in [0.05, 0.1) is 0 Å². The normalized spacial score (nSPS) is 17.4. The molecule has 0 radical (unpaired) electrons. The van der Waals surface area contributed by atoms with Crippen molar-refractivity contribution in [2.45, 2.75) is 38.4 Å². The van der Waals surface area contributed by atoms with Gasteiger partial charge in [0.15, 0.2) is 0 Å². The zero-order valence-electron chi connectivity index (χ0n) is 10.6. The molecule has 1 N–H and O–H groups in total. The lowest BCUT2D eigenvalue weighted by molar-refractivity contribution is 0.242. The Morgan fingerprint density at radius 2 is 2.00 bits per heavy atom. The molecule has 0 bridgehead atoms. The van der Waals surface area contributed by atoms with Crippen LogP contribution in [0.4, 0.5) is 0 Å². The van der Waals surface area contributed by atoms with E-state index >= 15 is 0 Å². The number of hydrogen-bond donors (Lipinski definition) is 1. The highest BCUT2D eigenvalue weighted by Crippen LogP contribution is 2.18. The van der Waals surface area contributed by atoms with Gasteiger partial charge in [-0.3, -0.25) is 4.90 Å². The predicted molar refractivity (Wildman–Crippen MR) is 73.4 cm³/mol. The molecule has 2 nitrogen and oxygen atoms in total. The molecule has 1 fully saturated rings. The molecule has 0 amide bonds. The summed E-state index contributed by atoms with van der Waals surface area (Å²) in [7, 11) is 2.17. The van der Waals surface area contributed by atoms with Crippen molar-refractivity contribution in [2.75, 3.05) is 13.6 Å². The molecule has 0 heterocycles. The van der Waals surface area contributed by atoms with E-state index in [1.807, 2.05) is 12.1 Å². The van der Waals surface area contributed by atoms with Gasteiger partial charge < -0.3 is 5.32 Å². The second-order valence-electron chi connectivity index (χ2n) is 5.07. The minimum atomic E-state index is 0.561. The Kier molecular flexibility index (Phi) is 4.43. The summed E-state index contributed by atoms with van der Waals surface area (Å²) in [6.07, 6.45) is 2.71. The van der Waals surface area contributed by atoms with Crippen molar-refractivity contribution in [3.8, 4) is 0 Å². The largest absolute Gasteiger partial charge is 0.312 e. The monoisotopic (exact) mass is 252 g/mol. The summed E-state index contributed by atoms with van der Waals surface area (Å²) in [5.41, 5.74) is 1.31. The van der Waals surface area contributed by atoms with Gasteiger partial charge in [0.1, 0.15) is 0 Å². The van der Waals surface area contributed by atoms with Crippen molar-refractivity contribution in [1.29, 1.82) is 0 Å². The Labute approximate surface area is 109 Å². The molecule has 0 saturated heterocycles. The van der Waals surface area contributed by atoms with Gasteiger partial charge >= 0.3 is 0 Å². The smallest absolute Gasteiger partial charge is 0.0406 e. The number of halogens is 1. The minimum absolute atomic E-state index is 0.561. The van der Waals surface area contributed by atoms with E-state index in [9.17, 15) is 0 Å². The Balaban J connectivity index is 1.78. The SMILES string of the molecule is CC(CNC1CC1)N(C)Cc1ccc(Cl)cc1. The molecule has 0 aliphatic heterocycles. The van der Waals surface area contributed by atoms with Crippen LogP contribution in [0.3, 0.4) is 0 Å². The Hall–Kier alpha value is -0.570. The van der Waals surface area contributed by atoms with Gasteiger partial charge in [-0.15, -0.1) is 0 Å². The lowest BCUT2D eigenvalue weighted by atomic mass is 10.2. The van der Waals surface area contributed by atoms with E-state index in [0.29, 0.717) is 6.04 Å². The molecule has 0 spiro atoms. The van der Waals surface area contributed by atoms with Crippen LogP contribution in [0.25, 0.3) is 0 Å². The predicted octanol–water partition coefficient (Wildman–Crippen LogP) is 2.91. The average Bonchev–Trinajstić information content (AvgIpc) is 3.13. The average molecular weight is 253 g/mol. The molecule has 94 valence electrons. The number of benzene rings is 1. The summed E-state index contributed by atoms with van der Waals surface area (Å²) >= 11 is 5.88. The molecule has 1 aliphatic rings. The lowest BCUT2D eigenvalue weighted by Crippen LogP contribution is -2.38. The van der Waals surface area contributed by atoms with Crippen LogP contribution in [-0.2, 0) is 6.54 Å². The van der Waals surface area contributed by atoms with Gasteiger partial charge in [-0.2, -0.15) is 0 Å². The van der Waals surface area contributed by atoms with E-state index in [1.165, 1.54) is 18.4 Å². The van der Waals surface area contributed by atoms with Crippen LogP contribution < -0.4 is 5.32 Å². The quantitative estimate of drug-likeness (QED) is 0.838. The first-order valence-electron chi connectivity index (χ1n) is 6.33.